The molecule has 0 aliphatic carbocycles. The van der Waals surface area contributed by atoms with Gasteiger partial charge in [0.05, 0.1) is 18.4 Å². The lowest BCUT2D eigenvalue weighted by atomic mass is 10.2. The van der Waals surface area contributed by atoms with Crippen LogP contribution in [0.1, 0.15) is 6.92 Å². The van der Waals surface area contributed by atoms with Crippen LogP contribution >= 0.6 is 11.8 Å². The Morgan fingerprint density at radius 3 is 2.62 bits per heavy atom. The van der Waals surface area contributed by atoms with Gasteiger partial charge in [0.2, 0.25) is 5.91 Å². The fourth-order valence-electron chi connectivity index (χ4n) is 2.98. The summed E-state index contributed by atoms with van der Waals surface area (Å²) in [6, 6.07) is 7.77. The lowest BCUT2D eigenvalue weighted by Crippen LogP contribution is -2.47. The summed E-state index contributed by atoms with van der Waals surface area (Å²) < 4.78 is 7.47. The molecule has 0 bridgehead atoms. The van der Waals surface area contributed by atoms with Crippen LogP contribution in [0.2, 0.25) is 0 Å². The summed E-state index contributed by atoms with van der Waals surface area (Å²) in [5, 5.41) is 9.42. The van der Waals surface area contributed by atoms with Crippen molar-refractivity contribution < 1.29 is 9.53 Å². The molecule has 2 aromatic rings. The van der Waals surface area contributed by atoms with Crippen molar-refractivity contribution in [1.29, 1.82) is 0 Å². The van der Waals surface area contributed by atoms with E-state index in [1.807, 2.05) is 33.7 Å². The number of likely N-dealkylation sites (N-methyl/N-ethyl adjacent to an activating group) is 1. The van der Waals surface area contributed by atoms with Gasteiger partial charge >= 0.3 is 0 Å². The lowest BCUT2D eigenvalue weighted by molar-refractivity contribution is -0.129. The molecular weight excluding hydrogens is 350 g/mol. The number of nitrogens with zero attached hydrogens (tertiary/aromatic N) is 5. The standard InChI is InChI=1S/C18H25N5O2S/c1-4-23-17(14-7-5-6-8-15(14)25-3)19-20-18(23)26-13-16(24)22-11-9-21(2)10-12-22/h5-8H,4,9-13H2,1-3H3. The number of para-hydroxylation sites is 1. The van der Waals surface area contributed by atoms with Gasteiger partial charge in [-0.25, -0.2) is 0 Å². The smallest absolute Gasteiger partial charge is 0.233 e. The third kappa shape index (κ3) is 4.02. The summed E-state index contributed by atoms with van der Waals surface area (Å²) >= 11 is 1.45. The molecule has 1 aliphatic heterocycles. The minimum Gasteiger partial charge on any atom is -0.496 e. The molecule has 0 saturated carbocycles. The third-order valence-electron chi connectivity index (χ3n) is 4.56. The van der Waals surface area contributed by atoms with Crippen molar-refractivity contribution in [3.63, 3.8) is 0 Å². The van der Waals surface area contributed by atoms with Crippen molar-refractivity contribution in [2.24, 2.45) is 0 Å². The average Bonchev–Trinajstić information content (AvgIpc) is 3.09. The Kier molecular flexibility index (Phi) is 6.16. The lowest BCUT2D eigenvalue weighted by Gasteiger charge is -2.32. The Hall–Kier alpha value is -2.06. The molecule has 0 spiro atoms. The molecule has 0 atom stereocenters. The fraction of sp³-hybridized carbons (Fsp3) is 0.500. The summed E-state index contributed by atoms with van der Waals surface area (Å²) in [4.78, 5) is 16.6. The van der Waals surface area contributed by atoms with Gasteiger partial charge in [0.15, 0.2) is 11.0 Å². The number of thioether (sulfide) groups is 1. The second-order valence-corrected chi connectivity index (χ2v) is 7.17. The molecule has 2 heterocycles. The molecule has 1 fully saturated rings. The number of benzene rings is 1. The van der Waals surface area contributed by atoms with Gasteiger partial charge in [-0.3, -0.25) is 4.79 Å². The molecule has 1 saturated heterocycles. The molecule has 1 aliphatic rings. The number of hydrogen-bond donors (Lipinski definition) is 0. The van der Waals surface area contributed by atoms with Crippen molar-refractivity contribution in [3.05, 3.63) is 24.3 Å². The van der Waals surface area contributed by atoms with E-state index in [9.17, 15) is 4.79 Å². The number of methoxy groups -OCH3 is 1. The van der Waals surface area contributed by atoms with Crippen LogP contribution in [0.15, 0.2) is 29.4 Å². The number of amides is 1. The maximum absolute atomic E-state index is 12.5. The van der Waals surface area contributed by atoms with E-state index < -0.39 is 0 Å². The van der Waals surface area contributed by atoms with Crippen molar-refractivity contribution in [3.8, 4) is 17.1 Å². The van der Waals surface area contributed by atoms with Gasteiger partial charge in [-0.15, -0.1) is 10.2 Å². The normalized spacial score (nSPS) is 15.3. The first-order valence-corrected chi connectivity index (χ1v) is 9.78. The molecule has 0 N–H and O–H groups in total. The van der Waals surface area contributed by atoms with Crippen LogP contribution in [-0.4, -0.2) is 76.6 Å². The minimum absolute atomic E-state index is 0.160. The van der Waals surface area contributed by atoms with E-state index in [1.54, 1.807) is 7.11 Å². The second-order valence-electron chi connectivity index (χ2n) is 6.22. The number of ether oxygens (including phenoxy) is 1. The molecule has 1 aromatic heterocycles. The molecular formula is C18H25N5O2S. The number of piperazine rings is 1. The van der Waals surface area contributed by atoms with E-state index in [0.29, 0.717) is 5.75 Å². The van der Waals surface area contributed by atoms with Gasteiger partial charge in [-0.05, 0) is 26.1 Å². The van der Waals surface area contributed by atoms with Gasteiger partial charge in [0.25, 0.3) is 0 Å². The zero-order valence-corrected chi connectivity index (χ0v) is 16.3. The van der Waals surface area contributed by atoms with Crippen LogP contribution in [0.25, 0.3) is 11.4 Å². The highest BCUT2D eigenvalue weighted by Crippen LogP contribution is 2.30. The molecule has 8 heteroatoms. The van der Waals surface area contributed by atoms with Crippen LogP contribution in [0.3, 0.4) is 0 Å². The summed E-state index contributed by atoms with van der Waals surface area (Å²) in [7, 11) is 3.73. The largest absolute Gasteiger partial charge is 0.496 e. The number of hydrogen-bond acceptors (Lipinski definition) is 6. The zero-order chi connectivity index (χ0) is 18.5. The highest BCUT2D eigenvalue weighted by molar-refractivity contribution is 7.99. The first-order chi connectivity index (χ1) is 12.6. The van der Waals surface area contributed by atoms with Crippen LogP contribution in [0, 0.1) is 0 Å². The number of rotatable bonds is 6. The number of carbonyl (C=O) groups is 1. The quantitative estimate of drug-likeness (QED) is 0.718. The number of carbonyl (C=O) groups excluding carboxylic acids is 1. The van der Waals surface area contributed by atoms with E-state index in [4.69, 9.17) is 4.74 Å². The van der Waals surface area contributed by atoms with E-state index in [2.05, 4.69) is 29.1 Å². The Labute approximate surface area is 158 Å². The first-order valence-electron chi connectivity index (χ1n) is 8.79. The van der Waals surface area contributed by atoms with Crippen molar-refractivity contribution in [1.82, 2.24) is 24.6 Å². The van der Waals surface area contributed by atoms with Gasteiger partial charge in [-0.2, -0.15) is 0 Å². The molecule has 7 nitrogen and oxygen atoms in total. The molecule has 140 valence electrons. The Balaban J connectivity index is 1.71. The van der Waals surface area contributed by atoms with Crippen LogP contribution in [-0.2, 0) is 11.3 Å². The van der Waals surface area contributed by atoms with Crippen molar-refractivity contribution >= 4 is 17.7 Å². The van der Waals surface area contributed by atoms with Crippen LogP contribution in [0.5, 0.6) is 5.75 Å². The summed E-state index contributed by atoms with van der Waals surface area (Å²) in [5.41, 5.74) is 0.904. The highest BCUT2D eigenvalue weighted by Gasteiger charge is 2.21. The van der Waals surface area contributed by atoms with Gasteiger partial charge in [-0.1, -0.05) is 23.9 Å². The van der Waals surface area contributed by atoms with E-state index >= 15 is 0 Å². The van der Waals surface area contributed by atoms with Crippen molar-refractivity contribution in [2.75, 3.05) is 46.1 Å². The van der Waals surface area contributed by atoms with Crippen LogP contribution < -0.4 is 4.74 Å². The molecule has 3 rings (SSSR count). The van der Waals surface area contributed by atoms with Gasteiger partial charge < -0.3 is 19.1 Å². The maximum atomic E-state index is 12.5. The van der Waals surface area contributed by atoms with Crippen molar-refractivity contribution in [2.45, 2.75) is 18.6 Å². The van der Waals surface area contributed by atoms with E-state index in [1.165, 1.54) is 11.8 Å². The molecule has 1 amide bonds. The topological polar surface area (TPSA) is 63.5 Å². The molecule has 26 heavy (non-hydrogen) atoms. The Morgan fingerprint density at radius 2 is 1.92 bits per heavy atom. The second kappa shape index (κ2) is 8.55. The summed E-state index contributed by atoms with van der Waals surface area (Å²) in [5.74, 6) is 2.07. The summed E-state index contributed by atoms with van der Waals surface area (Å²) in [6.45, 7) is 6.23. The predicted molar refractivity (Wildman–Crippen MR) is 102 cm³/mol. The zero-order valence-electron chi connectivity index (χ0n) is 15.5. The molecule has 1 aromatic carbocycles. The first kappa shape index (κ1) is 18.7. The number of aromatic nitrogens is 3. The fourth-order valence-corrected chi connectivity index (χ4v) is 3.89. The van der Waals surface area contributed by atoms with Gasteiger partial charge in [0.1, 0.15) is 5.75 Å². The maximum Gasteiger partial charge on any atom is 0.233 e. The monoisotopic (exact) mass is 375 g/mol. The van der Waals surface area contributed by atoms with Gasteiger partial charge in [0, 0.05) is 32.7 Å². The highest BCUT2D eigenvalue weighted by atomic mass is 32.2. The molecule has 0 unspecified atom stereocenters. The SMILES string of the molecule is CCn1c(SCC(=O)N2CCN(C)CC2)nnc1-c1ccccc1OC. The Morgan fingerprint density at radius 1 is 1.19 bits per heavy atom. The van der Waals surface area contributed by atoms with E-state index in [0.717, 1.165) is 55.0 Å². The molecule has 0 radical (unpaired) electrons. The Bertz CT molecular complexity index is 756. The predicted octanol–water partition coefficient (Wildman–Crippen LogP) is 1.84. The summed E-state index contributed by atoms with van der Waals surface area (Å²) in [6.07, 6.45) is 0. The third-order valence-corrected chi connectivity index (χ3v) is 5.51. The average molecular weight is 375 g/mol. The van der Waals surface area contributed by atoms with Crippen LogP contribution in [0.4, 0.5) is 0 Å². The van der Waals surface area contributed by atoms with E-state index in [-0.39, 0.29) is 5.91 Å². The minimum atomic E-state index is 0.160.